The molecule has 1 N–H and O–H groups in total. The number of rotatable bonds is 4. The number of amides is 1. The van der Waals surface area contributed by atoms with Gasteiger partial charge in [-0.3, -0.25) is 4.79 Å². The molecule has 0 unspecified atom stereocenters. The van der Waals surface area contributed by atoms with Crippen LogP contribution >= 0.6 is 11.6 Å². The molecule has 138 valence electrons. The number of benzene rings is 1. The van der Waals surface area contributed by atoms with Crippen molar-refractivity contribution in [2.75, 3.05) is 56.2 Å². The third-order valence-electron chi connectivity index (χ3n) is 5.19. The van der Waals surface area contributed by atoms with Gasteiger partial charge in [-0.05, 0) is 24.6 Å². The number of quaternary nitrogens is 1. The van der Waals surface area contributed by atoms with Crippen molar-refractivity contribution in [2.45, 2.75) is 12.5 Å². The van der Waals surface area contributed by atoms with E-state index >= 15 is 0 Å². The van der Waals surface area contributed by atoms with Crippen LogP contribution in [0.25, 0.3) is 0 Å². The van der Waals surface area contributed by atoms with Crippen LogP contribution in [0.2, 0.25) is 5.02 Å². The summed E-state index contributed by atoms with van der Waals surface area (Å²) in [6.45, 7) is 3.95. The Hall–Kier alpha value is -1.31. The normalized spacial score (nSPS) is 23.6. The van der Waals surface area contributed by atoms with E-state index < -0.39 is 9.84 Å². The fourth-order valence-electron chi connectivity index (χ4n) is 3.55. The van der Waals surface area contributed by atoms with Gasteiger partial charge in [0.05, 0.1) is 37.7 Å². The van der Waals surface area contributed by atoms with Gasteiger partial charge in [-0.25, -0.2) is 8.42 Å². The van der Waals surface area contributed by atoms with Crippen molar-refractivity contribution < 1.29 is 18.1 Å². The molecule has 1 aromatic carbocycles. The van der Waals surface area contributed by atoms with Gasteiger partial charge in [0.2, 0.25) is 0 Å². The van der Waals surface area contributed by atoms with E-state index in [1.807, 2.05) is 18.2 Å². The SMILES string of the molecule is CN(C(=O)C[NH+]1CCN(c2cccc(Cl)c2)CC1)[C@H]1CCS(=O)(=O)C1. The van der Waals surface area contributed by atoms with Crippen LogP contribution in [0.15, 0.2) is 24.3 Å². The molecule has 25 heavy (non-hydrogen) atoms. The molecule has 0 radical (unpaired) electrons. The molecule has 2 aliphatic heterocycles. The predicted molar refractivity (Wildman–Crippen MR) is 99.1 cm³/mol. The number of sulfone groups is 1. The largest absolute Gasteiger partial charge is 0.360 e. The molecule has 8 heteroatoms. The average Bonchev–Trinajstić information content (AvgIpc) is 2.94. The summed E-state index contributed by atoms with van der Waals surface area (Å²) in [5.74, 6) is 0.335. The van der Waals surface area contributed by atoms with E-state index in [1.54, 1.807) is 11.9 Å². The van der Waals surface area contributed by atoms with Crippen molar-refractivity contribution >= 4 is 33.0 Å². The summed E-state index contributed by atoms with van der Waals surface area (Å²) in [7, 11) is -1.24. The lowest BCUT2D eigenvalue weighted by atomic mass is 10.2. The molecular formula is C17H25ClN3O3S+. The molecule has 2 fully saturated rings. The summed E-state index contributed by atoms with van der Waals surface area (Å²) in [4.78, 5) is 17.7. The van der Waals surface area contributed by atoms with Crippen LogP contribution in [-0.2, 0) is 14.6 Å². The Morgan fingerprint density at radius 2 is 2.08 bits per heavy atom. The zero-order valence-electron chi connectivity index (χ0n) is 14.4. The molecule has 1 aromatic rings. The minimum atomic E-state index is -2.97. The Morgan fingerprint density at radius 1 is 1.36 bits per heavy atom. The number of likely N-dealkylation sites (N-methyl/N-ethyl adjacent to an activating group) is 1. The monoisotopic (exact) mass is 386 g/mol. The first-order valence-corrected chi connectivity index (χ1v) is 10.8. The fraction of sp³-hybridized carbons (Fsp3) is 0.588. The summed E-state index contributed by atoms with van der Waals surface area (Å²) < 4.78 is 23.2. The van der Waals surface area contributed by atoms with Crippen LogP contribution in [0.4, 0.5) is 5.69 Å². The van der Waals surface area contributed by atoms with E-state index in [4.69, 9.17) is 11.6 Å². The highest BCUT2D eigenvalue weighted by Crippen LogP contribution is 2.19. The molecule has 1 atom stereocenters. The Morgan fingerprint density at radius 3 is 2.68 bits per heavy atom. The summed E-state index contributed by atoms with van der Waals surface area (Å²) in [5, 5.41) is 0.732. The molecule has 1 amide bonds. The lowest BCUT2D eigenvalue weighted by Crippen LogP contribution is -3.16. The van der Waals surface area contributed by atoms with E-state index in [2.05, 4.69) is 11.0 Å². The number of anilines is 1. The van der Waals surface area contributed by atoms with E-state index in [1.165, 1.54) is 4.90 Å². The Bertz CT molecular complexity index is 732. The van der Waals surface area contributed by atoms with Crippen molar-refractivity contribution in [3.8, 4) is 0 Å². The van der Waals surface area contributed by atoms with Crippen LogP contribution in [-0.4, -0.2) is 76.5 Å². The van der Waals surface area contributed by atoms with Gasteiger partial charge in [-0.2, -0.15) is 0 Å². The highest BCUT2D eigenvalue weighted by Gasteiger charge is 2.34. The second-order valence-electron chi connectivity index (χ2n) is 6.96. The third-order valence-corrected chi connectivity index (χ3v) is 7.18. The van der Waals surface area contributed by atoms with E-state index in [-0.39, 0.29) is 23.5 Å². The summed E-state index contributed by atoms with van der Waals surface area (Å²) >= 11 is 6.05. The zero-order valence-corrected chi connectivity index (χ0v) is 16.0. The third kappa shape index (κ3) is 4.65. The second-order valence-corrected chi connectivity index (χ2v) is 9.62. The van der Waals surface area contributed by atoms with E-state index in [0.29, 0.717) is 13.0 Å². The molecule has 6 nitrogen and oxygen atoms in total. The minimum Gasteiger partial charge on any atom is -0.360 e. The number of hydrogen-bond donors (Lipinski definition) is 1. The van der Waals surface area contributed by atoms with Crippen LogP contribution in [0.3, 0.4) is 0 Å². The van der Waals surface area contributed by atoms with Gasteiger partial charge >= 0.3 is 0 Å². The molecule has 0 spiro atoms. The smallest absolute Gasteiger partial charge is 0.277 e. The number of carbonyl (C=O) groups is 1. The minimum absolute atomic E-state index is 0.0355. The quantitative estimate of drug-likeness (QED) is 0.771. The van der Waals surface area contributed by atoms with Crippen LogP contribution in [0.5, 0.6) is 0 Å². The molecule has 2 heterocycles. The molecule has 0 bridgehead atoms. The molecule has 0 aliphatic carbocycles. The molecule has 0 saturated carbocycles. The first-order chi connectivity index (χ1) is 11.8. The lowest BCUT2D eigenvalue weighted by molar-refractivity contribution is -0.892. The molecule has 2 saturated heterocycles. The van der Waals surface area contributed by atoms with Gasteiger partial charge in [0.25, 0.3) is 5.91 Å². The maximum Gasteiger partial charge on any atom is 0.277 e. The highest BCUT2D eigenvalue weighted by atomic mass is 35.5. The lowest BCUT2D eigenvalue weighted by Gasteiger charge is -2.34. The van der Waals surface area contributed by atoms with Crippen LogP contribution < -0.4 is 9.80 Å². The van der Waals surface area contributed by atoms with Crippen molar-refractivity contribution in [3.05, 3.63) is 29.3 Å². The Labute approximate surface area is 154 Å². The first-order valence-electron chi connectivity index (χ1n) is 8.64. The predicted octanol–water partition coefficient (Wildman–Crippen LogP) is -0.310. The van der Waals surface area contributed by atoms with Crippen LogP contribution in [0, 0.1) is 0 Å². The summed E-state index contributed by atoms with van der Waals surface area (Å²) in [6, 6.07) is 7.67. The molecule has 2 aliphatic rings. The van der Waals surface area contributed by atoms with Crippen molar-refractivity contribution in [2.24, 2.45) is 0 Å². The number of nitrogens with one attached hydrogen (secondary N) is 1. The highest BCUT2D eigenvalue weighted by molar-refractivity contribution is 7.91. The van der Waals surface area contributed by atoms with Crippen LogP contribution in [0.1, 0.15) is 6.42 Å². The number of hydrogen-bond acceptors (Lipinski definition) is 4. The van der Waals surface area contributed by atoms with E-state index in [0.717, 1.165) is 36.9 Å². The van der Waals surface area contributed by atoms with Crippen molar-refractivity contribution in [1.29, 1.82) is 0 Å². The van der Waals surface area contributed by atoms with Gasteiger partial charge in [-0.15, -0.1) is 0 Å². The fourth-order valence-corrected chi connectivity index (χ4v) is 5.51. The second kappa shape index (κ2) is 7.51. The standard InChI is InChI=1S/C17H24ClN3O3S/c1-19(16-5-10-25(23,24)13-16)17(22)12-20-6-8-21(9-7-20)15-4-2-3-14(18)11-15/h2-4,11,16H,5-10,12-13H2,1H3/p+1/t16-/m0/s1. The maximum absolute atomic E-state index is 12.5. The summed E-state index contributed by atoms with van der Waals surface area (Å²) in [5.41, 5.74) is 1.12. The summed E-state index contributed by atoms with van der Waals surface area (Å²) in [6.07, 6.45) is 0.558. The maximum atomic E-state index is 12.5. The first kappa shape index (κ1) is 18.5. The molecular weight excluding hydrogens is 362 g/mol. The van der Waals surface area contributed by atoms with Gasteiger partial charge in [0.1, 0.15) is 0 Å². The number of piperazine rings is 1. The molecule has 0 aromatic heterocycles. The Kier molecular flexibility index (Phi) is 5.55. The number of halogens is 1. The van der Waals surface area contributed by atoms with Crippen molar-refractivity contribution in [3.63, 3.8) is 0 Å². The number of carbonyl (C=O) groups excluding carboxylic acids is 1. The Balaban J connectivity index is 1.49. The topological polar surface area (TPSA) is 62.1 Å². The van der Waals surface area contributed by atoms with Crippen molar-refractivity contribution in [1.82, 2.24) is 4.90 Å². The van der Waals surface area contributed by atoms with Gasteiger partial charge in [-0.1, -0.05) is 17.7 Å². The number of nitrogens with zero attached hydrogens (tertiary/aromatic N) is 2. The van der Waals surface area contributed by atoms with Gasteiger partial charge < -0.3 is 14.7 Å². The van der Waals surface area contributed by atoms with E-state index in [9.17, 15) is 13.2 Å². The molecule has 3 rings (SSSR count). The average molecular weight is 387 g/mol. The zero-order chi connectivity index (χ0) is 18.0. The van der Waals surface area contributed by atoms with Gasteiger partial charge in [0.15, 0.2) is 16.4 Å². The van der Waals surface area contributed by atoms with Gasteiger partial charge in [0, 0.05) is 23.8 Å².